The molecule has 0 fully saturated rings. The highest BCUT2D eigenvalue weighted by Gasteiger charge is 2.10. The Morgan fingerprint density at radius 1 is 1.47 bits per heavy atom. The molecule has 17 heavy (non-hydrogen) atoms. The molecule has 0 aliphatic heterocycles. The van der Waals surface area contributed by atoms with E-state index in [1.807, 2.05) is 6.92 Å². The molecule has 0 N–H and O–H groups in total. The van der Waals surface area contributed by atoms with Gasteiger partial charge in [-0.3, -0.25) is 9.36 Å². The van der Waals surface area contributed by atoms with E-state index in [-0.39, 0.29) is 5.56 Å². The van der Waals surface area contributed by atoms with Crippen LogP contribution in [-0.4, -0.2) is 9.55 Å². The van der Waals surface area contributed by atoms with Gasteiger partial charge in [-0.1, -0.05) is 33.1 Å². The average molecular weight is 348 g/mol. The highest BCUT2D eigenvalue weighted by atomic mass is 127. The number of rotatable bonds is 6. The summed E-state index contributed by atoms with van der Waals surface area (Å²) in [5.41, 5.74) is 0.932. The summed E-state index contributed by atoms with van der Waals surface area (Å²) in [4.78, 5) is 16.3. The Labute approximate surface area is 117 Å². The summed E-state index contributed by atoms with van der Waals surface area (Å²) in [5.74, 6) is 0.591. The van der Waals surface area contributed by atoms with Crippen LogP contribution in [0.2, 0.25) is 0 Å². The molecular formula is C13H21IN2O. The number of unbranched alkanes of at least 4 members (excludes halogenated alkanes) is 1. The fraction of sp³-hybridized carbons (Fsp3) is 0.692. The van der Waals surface area contributed by atoms with E-state index in [1.165, 1.54) is 19.3 Å². The molecule has 1 aromatic rings. The Kier molecular flexibility index (Phi) is 6.16. The average Bonchev–Trinajstić information content (AvgIpc) is 2.34. The molecule has 4 heteroatoms. The maximum absolute atomic E-state index is 12.0. The van der Waals surface area contributed by atoms with E-state index >= 15 is 0 Å². The van der Waals surface area contributed by atoms with Crippen LogP contribution in [-0.2, 0) is 6.54 Å². The van der Waals surface area contributed by atoms with Gasteiger partial charge in [0.05, 0.1) is 15.6 Å². The van der Waals surface area contributed by atoms with E-state index in [2.05, 4.69) is 41.4 Å². The first-order valence-corrected chi connectivity index (χ1v) is 7.39. The molecule has 0 aliphatic rings. The molecule has 0 radical (unpaired) electrons. The van der Waals surface area contributed by atoms with Crippen LogP contribution >= 0.6 is 22.6 Å². The monoisotopic (exact) mass is 348 g/mol. The number of hydrogen-bond acceptors (Lipinski definition) is 2. The van der Waals surface area contributed by atoms with Gasteiger partial charge in [-0.15, -0.1) is 0 Å². The largest absolute Gasteiger partial charge is 0.298 e. The Morgan fingerprint density at radius 3 is 2.76 bits per heavy atom. The van der Waals surface area contributed by atoms with Crippen molar-refractivity contribution in [3.8, 4) is 0 Å². The summed E-state index contributed by atoms with van der Waals surface area (Å²) in [6.07, 6.45) is 6.47. The van der Waals surface area contributed by atoms with Crippen molar-refractivity contribution >= 4 is 22.6 Å². The summed E-state index contributed by atoms with van der Waals surface area (Å²) in [6.45, 7) is 7.08. The van der Waals surface area contributed by atoms with Gasteiger partial charge in [0.2, 0.25) is 0 Å². The molecule has 1 atom stereocenters. The third kappa shape index (κ3) is 4.08. The molecule has 1 aromatic heterocycles. The second kappa shape index (κ2) is 7.13. The Morgan fingerprint density at radius 2 is 2.18 bits per heavy atom. The van der Waals surface area contributed by atoms with Gasteiger partial charge in [-0.25, -0.2) is 4.98 Å². The van der Waals surface area contributed by atoms with Crippen molar-refractivity contribution in [2.45, 2.75) is 53.0 Å². The summed E-state index contributed by atoms with van der Waals surface area (Å²) in [7, 11) is 0. The highest BCUT2D eigenvalue weighted by molar-refractivity contribution is 14.1. The zero-order valence-electron chi connectivity index (χ0n) is 10.9. The van der Waals surface area contributed by atoms with Gasteiger partial charge in [0.15, 0.2) is 0 Å². The van der Waals surface area contributed by atoms with Crippen LogP contribution in [0, 0.1) is 16.4 Å². The SMILES string of the molecule is CCCCC(CC)Cn1cnc(C)c(I)c1=O. The van der Waals surface area contributed by atoms with Crippen molar-refractivity contribution in [2.75, 3.05) is 0 Å². The molecule has 0 bridgehead atoms. The van der Waals surface area contributed by atoms with E-state index in [0.29, 0.717) is 5.92 Å². The maximum atomic E-state index is 12.0. The lowest BCUT2D eigenvalue weighted by atomic mass is 9.99. The van der Waals surface area contributed by atoms with E-state index in [9.17, 15) is 4.79 Å². The van der Waals surface area contributed by atoms with Crippen LogP contribution in [0.3, 0.4) is 0 Å². The molecule has 96 valence electrons. The summed E-state index contributed by atoms with van der Waals surface area (Å²) in [5, 5.41) is 0. The van der Waals surface area contributed by atoms with E-state index in [0.717, 1.165) is 22.2 Å². The number of aryl methyl sites for hydroxylation is 1. The van der Waals surface area contributed by atoms with Crippen LogP contribution in [0.25, 0.3) is 0 Å². The van der Waals surface area contributed by atoms with Gasteiger partial charge in [0.25, 0.3) is 5.56 Å². The zero-order valence-corrected chi connectivity index (χ0v) is 13.0. The van der Waals surface area contributed by atoms with Crippen LogP contribution in [0.1, 0.15) is 45.2 Å². The smallest absolute Gasteiger partial charge is 0.267 e. The summed E-state index contributed by atoms with van der Waals surface area (Å²) in [6, 6.07) is 0. The maximum Gasteiger partial charge on any atom is 0.267 e. The normalized spacial score (nSPS) is 12.7. The first kappa shape index (κ1) is 14.7. The molecule has 0 aliphatic carbocycles. The molecule has 0 aromatic carbocycles. The quantitative estimate of drug-likeness (QED) is 0.739. The van der Waals surface area contributed by atoms with E-state index in [4.69, 9.17) is 0 Å². The van der Waals surface area contributed by atoms with Crippen molar-refractivity contribution in [3.63, 3.8) is 0 Å². The van der Waals surface area contributed by atoms with Crippen molar-refractivity contribution in [2.24, 2.45) is 5.92 Å². The molecule has 0 saturated carbocycles. The molecule has 0 saturated heterocycles. The number of aromatic nitrogens is 2. The number of nitrogens with zero attached hydrogens (tertiary/aromatic N) is 2. The zero-order chi connectivity index (χ0) is 12.8. The van der Waals surface area contributed by atoms with Gasteiger partial charge in [-0.05, 0) is 41.9 Å². The van der Waals surface area contributed by atoms with Crippen LogP contribution in [0.5, 0.6) is 0 Å². The van der Waals surface area contributed by atoms with Crippen molar-refractivity contribution < 1.29 is 0 Å². The van der Waals surface area contributed by atoms with Crippen molar-refractivity contribution in [3.05, 3.63) is 25.9 Å². The minimum Gasteiger partial charge on any atom is -0.298 e. The fourth-order valence-electron chi connectivity index (χ4n) is 1.87. The summed E-state index contributed by atoms with van der Waals surface area (Å²) >= 11 is 2.09. The van der Waals surface area contributed by atoms with Gasteiger partial charge >= 0.3 is 0 Å². The van der Waals surface area contributed by atoms with Gasteiger partial charge in [-0.2, -0.15) is 0 Å². The number of hydrogen-bond donors (Lipinski definition) is 0. The lowest BCUT2D eigenvalue weighted by molar-refractivity contribution is 0.382. The molecular weight excluding hydrogens is 327 g/mol. The first-order valence-electron chi connectivity index (χ1n) is 6.31. The third-order valence-electron chi connectivity index (χ3n) is 3.16. The molecule has 3 nitrogen and oxygen atoms in total. The third-order valence-corrected chi connectivity index (χ3v) is 4.40. The van der Waals surface area contributed by atoms with Crippen LogP contribution in [0.15, 0.2) is 11.1 Å². The molecule has 0 amide bonds. The standard InChI is InChI=1S/C13H21IN2O/c1-4-6-7-11(5-2)8-16-9-15-10(3)12(14)13(16)17/h9,11H,4-8H2,1-3H3. The fourth-order valence-corrected chi connectivity index (χ4v) is 2.32. The molecule has 1 rings (SSSR count). The van der Waals surface area contributed by atoms with Crippen LogP contribution < -0.4 is 5.56 Å². The summed E-state index contributed by atoms with van der Waals surface area (Å²) < 4.78 is 2.51. The molecule has 1 unspecified atom stereocenters. The minimum absolute atomic E-state index is 0.105. The lowest BCUT2D eigenvalue weighted by Gasteiger charge is -2.16. The Hall–Kier alpha value is -0.390. The first-order chi connectivity index (χ1) is 8.10. The van der Waals surface area contributed by atoms with E-state index < -0.39 is 0 Å². The van der Waals surface area contributed by atoms with Crippen molar-refractivity contribution in [1.82, 2.24) is 9.55 Å². The van der Waals surface area contributed by atoms with Gasteiger partial charge in [0.1, 0.15) is 0 Å². The second-order valence-corrected chi connectivity index (χ2v) is 5.60. The highest BCUT2D eigenvalue weighted by Crippen LogP contribution is 2.14. The Balaban J connectivity index is 2.80. The lowest BCUT2D eigenvalue weighted by Crippen LogP contribution is -2.27. The second-order valence-electron chi connectivity index (χ2n) is 4.52. The molecule has 0 spiro atoms. The van der Waals surface area contributed by atoms with Gasteiger partial charge in [0, 0.05) is 6.54 Å². The van der Waals surface area contributed by atoms with E-state index in [1.54, 1.807) is 10.9 Å². The van der Waals surface area contributed by atoms with Crippen LogP contribution in [0.4, 0.5) is 0 Å². The van der Waals surface area contributed by atoms with Gasteiger partial charge < -0.3 is 0 Å². The van der Waals surface area contributed by atoms with Crippen molar-refractivity contribution in [1.29, 1.82) is 0 Å². The minimum atomic E-state index is 0.105. The topological polar surface area (TPSA) is 34.9 Å². The predicted octanol–water partition coefficient (Wildman–Crippen LogP) is 3.37. The molecule has 1 heterocycles. The Bertz CT molecular complexity index is 414. The predicted molar refractivity (Wildman–Crippen MR) is 79.3 cm³/mol. The number of halogens is 1.